The topological polar surface area (TPSA) is 64.1 Å². The highest BCUT2D eigenvalue weighted by molar-refractivity contribution is 5.80. The van der Waals surface area contributed by atoms with Gasteiger partial charge in [-0.15, -0.1) is 0 Å². The number of benzene rings is 1. The van der Waals surface area contributed by atoms with Gasteiger partial charge in [0.2, 0.25) is 0 Å². The summed E-state index contributed by atoms with van der Waals surface area (Å²) >= 11 is 0. The number of hydrogen-bond donors (Lipinski definition) is 2. The fourth-order valence-corrected chi connectivity index (χ4v) is 1.96. The van der Waals surface area contributed by atoms with Crippen LogP contribution in [0.1, 0.15) is 26.3 Å². The maximum Gasteiger partial charge on any atom is 0.191 e. The van der Waals surface area contributed by atoms with Gasteiger partial charge < -0.3 is 24.8 Å². The standard InChI is InChI=1S/C16H27N3O3/c1-16(2,3)19-15(17-4)18-10-12-13(21-6)8-11(20-5)9-14(12)22-7/h8-9H,10H2,1-7H3,(H2,17,18,19). The Morgan fingerprint density at radius 3 is 1.95 bits per heavy atom. The monoisotopic (exact) mass is 309 g/mol. The third-order valence-corrected chi connectivity index (χ3v) is 2.97. The minimum absolute atomic E-state index is 0.0735. The van der Waals surface area contributed by atoms with E-state index in [-0.39, 0.29) is 5.54 Å². The molecule has 124 valence electrons. The van der Waals surface area contributed by atoms with Crippen molar-refractivity contribution in [3.8, 4) is 17.2 Å². The van der Waals surface area contributed by atoms with Crippen LogP contribution in [0.3, 0.4) is 0 Å². The summed E-state index contributed by atoms with van der Waals surface area (Å²) in [6.07, 6.45) is 0. The first-order valence-corrected chi connectivity index (χ1v) is 7.12. The summed E-state index contributed by atoms with van der Waals surface area (Å²) in [5.74, 6) is 2.81. The number of nitrogens with one attached hydrogen (secondary N) is 2. The number of rotatable bonds is 5. The van der Waals surface area contributed by atoms with Crippen LogP contribution in [-0.4, -0.2) is 39.9 Å². The van der Waals surface area contributed by atoms with Gasteiger partial charge in [0.1, 0.15) is 17.2 Å². The van der Waals surface area contributed by atoms with Gasteiger partial charge in [0.25, 0.3) is 0 Å². The normalized spacial score (nSPS) is 11.9. The molecule has 0 aliphatic heterocycles. The molecule has 0 saturated carbocycles. The summed E-state index contributed by atoms with van der Waals surface area (Å²) in [4.78, 5) is 4.22. The summed E-state index contributed by atoms with van der Waals surface area (Å²) in [5, 5.41) is 6.57. The average Bonchev–Trinajstić information content (AvgIpc) is 2.49. The van der Waals surface area contributed by atoms with Crippen LogP contribution in [0, 0.1) is 0 Å². The molecule has 2 N–H and O–H groups in total. The number of nitrogens with zero attached hydrogens (tertiary/aromatic N) is 1. The van der Waals surface area contributed by atoms with Crippen LogP contribution < -0.4 is 24.8 Å². The lowest BCUT2D eigenvalue weighted by Gasteiger charge is -2.24. The van der Waals surface area contributed by atoms with E-state index in [1.165, 1.54) is 0 Å². The van der Waals surface area contributed by atoms with Crippen molar-refractivity contribution in [2.75, 3.05) is 28.4 Å². The first kappa shape index (κ1) is 17.9. The zero-order valence-corrected chi connectivity index (χ0v) is 14.5. The van der Waals surface area contributed by atoms with Crippen LogP contribution in [0.2, 0.25) is 0 Å². The highest BCUT2D eigenvalue weighted by atomic mass is 16.5. The Hall–Kier alpha value is -2.11. The molecular formula is C16H27N3O3. The molecule has 0 aromatic heterocycles. The Balaban J connectivity index is 2.97. The van der Waals surface area contributed by atoms with Gasteiger partial charge in [-0.3, -0.25) is 4.99 Å². The number of hydrogen-bond acceptors (Lipinski definition) is 4. The Morgan fingerprint density at radius 1 is 1.05 bits per heavy atom. The minimum atomic E-state index is -0.0735. The second-order valence-electron chi connectivity index (χ2n) is 5.81. The molecule has 1 aromatic rings. The van der Waals surface area contributed by atoms with Crippen LogP contribution in [0.25, 0.3) is 0 Å². The molecule has 1 aromatic carbocycles. The molecule has 0 radical (unpaired) electrons. The molecule has 0 aliphatic carbocycles. The van der Waals surface area contributed by atoms with E-state index in [0.29, 0.717) is 29.8 Å². The second kappa shape index (κ2) is 7.77. The molecule has 0 amide bonds. The lowest BCUT2D eigenvalue weighted by atomic mass is 10.1. The first-order chi connectivity index (χ1) is 10.3. The minimum Gasteiger partial charge on any atom is -0.496 e. The van der Waals surface area contributed by atoms with E-state index >= 15 is 0 Å². The van der Waals surface area contributed by atoms with E-state index in [2.05, 4.69) is 36.4 Å². The largest absolute Gasteiger partial charge is 0.496 e. The van der Waals surface area contributed by atoms with Crippen molar-refractivity contribution in [3.05, 3.63) is 17.7 Å². The lowest BCUT2D eigenvalue weighted by molar-refractivity contribution is 0.368. The Labute approximate surface area is 132 Å². The molecule has 6 nitrogen and oxygen atoms in total. The van der Waals surface area contributed by atoms with Gasteiger partial charge in [0.05, 0.1) is 33.4 Å². The van der Waals surface area contributed by atoms with Crippen LogP contribution in [0.5, 0.6) is 17.2 Å². The maximum atomic E-state index is 5.44. The Morgan fingerprint density at radius 2 is 1.59 bits per heavy atom. The van der Waals surface area contributed by atoms with Gasteiger partial charge >= 0.3 is 0 Å². The predicted octanol–water partition coefficient (Wildman–Crippen LogP) is 2.18. The smallest absolute Gasteiger partial charge is 0.191 e. The molecule has 0 atom stereocenters. The molecule has 6 heteroatoms. The quantitative estimate of drug-likeness (QED) is 0.645. The summed E-state index contributed by atoms with van der Waals surface area (Å²) in [7, 11) is 6.60. The van der Waals surface area contributed by atoms with Crippen molar-refractivity contribution in [1.82, 2.24) is 10.6 Å². The zero-order valence-electron chi connectivity index (χ0n) is 14.5. The molecule has 0 unspecified atom stereocenters. The molecule has 22 heavy (non-hydrogen) atoms. The first-order valence-electron chi connectivity index (χ1n) is 7.12. The maximum absolute atomic E-state index is 5.44. The highest BCUT2D eigenvalue weighted by Gasteiger charge is 2.16. The van der Waals surface area contributed by atoms with Crippen molar-refractivity contribution in [2.45, 2.75) is 32.9 Å². The van der Waals surface area contributed by atoms with Crippen LogP contribution >= 0.6 is 0 Å². The van der Waals surface area contributed by atoms with E-state index in [1.807, 2.05) is 12.1 Å². The molecule has 0 bridgehead atoms. The Bertz CT molecular complexity index is 497. The number of methoxy groups -OCH3 is 3. The third-order valence-electron chi connectivity index (χ3n) is 2.97. The van der Waals surface area contributed by atoms with Crippen molar-refractivity contribution in [1.29, 1.82) is 0 Å². The predicted molar refractivity (Wildman–Crippen MR) is 89.2 cm³/mol. The van der Waals surface area contributed by atoms with Gasteiger partial charge in [-0.1, -0.05) is 0 Å². The number of ether oxygens (including phenoxy) is 3. The van der Waals surface area contributed by atoms with E-state index in [1.54, 1.807) is 28.4 Å². The zero-order chi connectivity index (χ0) is 16.8. The lowest BCUT2D eigenvalue weighted by Crippen LogP contribution is -2.47. The number of aliphatic imine (C=N–C) groups is 1. The average molecular weight is 309 g/mol. The van der Waals surface area contributed by atoms with Crippen LogP contribution in [0.15, 0.2) is 17.1 Å². The van der Waals surface area contributed by atoms with Crippen LogP contribution in [0.4, 0.5) is 0 Å². The third kappa shape index (κ3) is 5.02. The summed E-state index contributed by atoms with van der Waals surface area (Å²) in [6.45, 7) is 6.75. The van der Waals surface area contributed by atoms with E-state index in [9.17, 15) is 0 Å². The summed E-state index contributed by atoms with van der Waals surface area (Å²) in [5.41, 5.74) is 0.832. The summed E-state index contributed by atoms with van der Waals surface area (Å²) < 4.78 is 16.1. The van der Waals surface area contributed by atoms with Crippen molar-refractivity contribution in [3.63, 3.8) is 0 Å². The fourth-order valence-electron chi connectivity index (χ4n) is 1.96. The van der Waals surface area contributed by atoms with E-state index in [0.717, 1.165) is 5.56 Å². The molecule has 1 rings (SSSR count). The second-order valence-corrected chi connectivity index (χ2v) is 5.81. The Kier molecular flexibility index (Phi) is 6.34. The molecule has 0 saturated heterocycles. The van der Waals surface area contributed by atoms with Gasteiger partial charge in [-0.25, -0.2) is 0 Å². The molecule has 0 fully saturated rings. The van der Waals surface area contributed by atoms with Gasteiger partial charge in [0, 0.05) is 24.7 Å². The highest BCUT2D eigenvalue weighted by Crippen LogP contribution is 2.33. The summed E-state index contributed by atoms with van der Waals surface area (Å²) in [6, 6.07) is 3.67. The molecule has 0 spiro atoms. The molecule has 0 aliphatic rings. The molecular weight excluding hydrogens is 282 g/mol. The molecule has 0 heterocycles. The number of guanidine groups is 1. The van der Waals surface area contributed by atoms with Crippen LogP contribution in [-0.2, 0) is 6.54 Å². The van der Waals surface area contributed by atoms with Crippen molar-refractivity contribution < 1.29 is 14.2 Å². The van der Waals surface area contributed by atoms with Gasteiger partial charge in [0.15, 0.2) is 5.96 Å². The van der Waals surface area contributed by atoms with Gasteiger partial charge in [-0.2, -0.15) is 0 Å². The van der Waals surface area contributed by atoms with Gasteiger partial charge in [-0.05, 0) is 20.8 Å². The van der Waals surface area contributed by atoms with E-state index < -0.39 is 0 Å². The fraction of sp³-hybridized carbons (Fsp3) is 0.562. The van der Waals surface area contributed by atoms with E-state index in [4.69, 9.17) is 14.2 Å². The van der Waals surface area contributed by atoms with Crippen molar-refractivity contribution >= 4 is 5.96 Å². The SMILES string of the molecule is CN=C(NCc1c(OC)cc(OC)cc1OC)NC(C)(C)C. The van der Waals surface area contributed by atoms with Crippen molar-refractivity contribution in [2.24, 2.45) is 4.99 Å².